The van der Waals surface area contributed by atoms with E-state index < -0.39 is 11.9 Å². The van der Waals surface area contributed by atoms with E-state index in [9.17, 15) is 14.7 Å². The van der Waals surface area contributed by atoms with E-state index in [4.69, 9.17) is 21.4 Å². The van der Waals surface area contributed by atoms with Gasteiger partial charge in [-0.05, 0) is 60.2 Å². The van der Waals surface area contributed by atoms with Gasteiger partial charge in [0.25, 0.3) is 0 Å². The van der Waals surface area contributed by atoms with Crippen molar-refractivity contribution in [2.24, 2.45) is 0 Å². The van der Waals surface area contributed by atoms with Crippen molar-refractivity contribution in [1.29, 1.82) is 0 Å². The molecule has 0 aliphatic carbocycles. The number of hydrogen-bond acceptors (Lipinski definition) is 4. The molecule has 0 radical (unpaired) electrons. The van der Waals surface area contributed by atoms with Crippen molar-refractivity contribution < 1.29 is 24.5 Å². The van der Waals surface area contributed by atoms with Crippen LogP contribution in [-0.2, 0) is 11.3 Å². The number of fused-ring (bicyclic) bond motifs is 1. The first-order valence-electron chi connectivity index (χ1n) is 9.71. The Morgan fingerprint density at radius 3 is 2.62 bits per heavy atom. The number of aromatic nitrogens is 1. The summed E-state index contributed by atoms with van der Waals surface area (Å²) in [7, 11) is 0. The quantitative estimate of drug-likeness (QED) is 0.339. The van der Waals surface area contributed by atoms with Crippen molar-refractivity contribution in [2.75, 3.05) is 11.9 Å². The monoisotopic (exact) mass is 450 g/mol. The predicted octanol–water partition coefficient (Wildman–Crippen LogP) is 5.25. The fourth-order valence-electron chi connectivity index (χ4n) is 3.45. The SMILES string of the molecule is O=C(O)COc1cccc(Cn2ccc3cc(Nc4ccc(Cl)cc4C(=O)O)ccc32)c1. The lowest BCUT2D eigenvalue weighted by Crippen LogP contribution is -2.09. The van der Waals surface area contributed by atoms with Crippen LogP contribution in [0.3, 0.4) is 0 Å². The number of carboxylic acid groups (broad SMARTS) is 2. The predicted molar refractivity (Wildman–Crippen MR) is 122 cm³/mol. The number of carboxylic acids is 2. The van der Waals surface area contributed by atoms with E-state index in [2.05, 4.69) is 9.88 Å². The fourth-order valence-corrected chi connectivity index (χ4v) is 3.62. The van der Waals surface area contributed by atoms with Gasteiger partial charge in [0.15, 0.2) is 6.61 Å². The minimum Gasteiger partial charge on any atom is -0.482 e. The highest BCUT2D eigenvalue weighted by molar-refractivity contribution is 6.31. The Morgan fingerprint density at radius 2 is 1.84 bits per heavy atom. The highest BCUT2D eigenvalue weighted by atomic mass is 35.5. The largest absolute Gasteiger partial charge is 0.482 e. The van der Waals surface area contributed by atoms with E-state index in [0.29, 0.717) is 23.0 Å². The Bertz CT molecular complexity index is 1310. The van der Waals surface area contributed by atoms with Crippen LogP contribution in [-0.4, -0.2) is 33.3 Å². The lowest BCUT2D eigenvalue weighted by atomic mass is 10.1. The molecule has 3 N–H and O–H groups in total. The van der Waals surface area contributed by atoms with Gasteiger partial charge in [-0.3, -0.25) is 0 Å². The van der Waals surface area contributed by atoms with E-state index in [1.54, 1.807) is 18.2 Å². The van der Waals surface area contributed by atoms with Gasteiger partial charge in [-0.1, -0.05) is 23.7 Å². The average molecular weight is 451 g/mol. The van der Waals surface area contributed by atoms with E-state index in [1.165, 1.54) is 6.07 Å². The summed E-state index contributed by atoms with van der Waals surface area (Å²) in [6.45, 7) is 0.198. The van der Waals surface area contributed by atoms with Gasteiger partial charge in [-0.15, -0.1) is 0 Å². The first-order chi connectivity index (χ1) is 15.4. The molecule has 1 heterocycles. The second-order valence-corrected chi connectivity index (χ2v) is 7.60. The second kappa shape index (κ2) is 9.03. The summed E-state index contributed by atoms with van der Waals surface area (Å²) in [5, 5.41) is 22.7. The van der Waals surface area contributed by atoms with Crippen LogP contribution in [0, 0.1) is 0 Å². The molecule has 7 nitrogen and oxygen atoms in total. The molecule has 32 heavy (non-hydrogen) atoms. The van der Waals surface area contributed by atoms with Crippen LogP contribution in [0.25, 0.3) is 10.9 Å². The number of nitrogens with one attached hydrogen (secondary N) is 1. The number of rotatable bonds is 8. The maximum absolute atomic E-state index is 11.5. The van der Waals surface area contributed by atoms with Gasteiger partial charge in [-0.25, -0.2) is 9.59 Å². The van der Waals surface area contributed by atoms with Crippen LogP contribution in [0.15, 0.2) is 72.9 Å². The normalized spacial score (nSPS) is 10.8. The summed E-state index contributed by atoms with van der Waals surface area (Å²) in [4.78, 5) is 22.2. The molecule has 0 saturated carbocycles. The molecule has 0 spiro atoms. The van der Waals surface area contributed by atoms with Gasteiger partial charge < -0.3 is 24.8 Å². The molecule has 0 fully saturated rings. The molecule has 4 aromatic rings. The minimum absolute atomic E-state index is 0.0974. The Morgan fingerprint density at radius 1 is 1.00 bits per heavy atom. The summed E-state index contributed by atoms with van der Waals surface area (Å²) in [5.74, 6) is -1.58. The minimum atomic E-state index is -1.06. The average Bonchev–Trinajstić information content (AvgIpc) is 3.15. The third-order valence-electron chi connectivity index (χ3n) is 4.88. The first kappa shape index (κ1) is 21.3. The van der Waals surface area contributed by atoms with E-state index >= 15 is 0 Å². The zero-order valence-corrected chi connectivity index (χ0v) is 17.5. The molecule has 0 atom stereocenters. The van der Waals surface area contributed by atoms with Crippen molar-refractivity contribution in [2.45, 2.75) is 6.54 Å². The lowest BCUT2D eigenvalue weighted by Gasteiger charge is -2.11. The van der Waals surface area contributed by atoms with Crippen molar-refractivity contribution in [3.63, 3.8) is 0 Å². The molecule has 0 unspecified atom stereocenters. The van der Waals surface area contributed by atoms with Gasteiger partial charge in [0.1, 0.15) is 5.75 Å². The van der Waals surface area contributed by atoms with Crippen molar-refractivity contribution in [1.82, 2.24) is 4.57 Å². The van der Waals surface area contributed by atoms with Gasteiger partial charge >= 0.3 is 11.9 Å². The van der Waals surface area contributed by atoms with Gasteiger partial charge in [0.2, 0.25) is 0 Å². The number of ether oxygens (including phenoxy) is 1. The summed E-state index contributed by atoms with van der Waals surface area (Å²) in [6.07, 6.45) is 1.96. The molecule has 162 valence electrons. The highest BCUT2D eigenvalue weighted by Crippen LogP contribution is 2.28. The third kappa shape index (κ3) is 4.84. The Balaban J connectivity index is 1.55. The van der Waals surface area contributed by atoms with E-state index in [0.717, 1.165) is 22.2 Å². The molecule has 0 bridgehead atoms. The molecular weight excluding hydrogens is 432 g/mol. The summed E-state index contributed by atoms with van der Waals surface area (Å²) in [6, 6.07) is 19.8. The zero-order chi connectivity index (χ0) is 22.7. The van der Waals surface area contributed by atoms with E-state index in [-0.39, 0.29) is 12.2 Å². The fraction of sp³-hybridized carbons (Fsp3) is 0.0833. The van der Waals surface area contributed by atoms with Crippen LogP contribution in [0.2, 0.25) is 5.02 Å². The molecule has 1 aromatic heterocycles. The number of hydrogen-bond donors (Lipinski definition) is 3. The van der Waals surface area contributed by atoms with Crippen LogP contribution < -0.4 is 10.1 Å². The van der Waals surface area contributed by atoms with Crippen molar-refractivity contribution >= 4 is 45.8 Å². The number of aliphatic carboxylic acids is 1. The number of carbonyl (C=O) groups is 2. The maximum Gasteiger partial charge on any atom is 0.341 e. The Labute approximate surface area is 188 Å². The second-order valence-electron chi connectivity index (χ2n) is 7.17. The van der Waals surface area contributed by atoms with Crippen LogP contribution in [0.5, 0.6) is 5.75 Å². The van der Waals surface area contributed by atoms with Crippen LogP contribution in [0.1, 0.15) is 15.9 Å². The highest BCUT2D eigenvalue weighted by Gasteiger charge is 2.12. The third-order valence-corrected chi connectivity index (χ3v) is 5.11. The Hall–Kier alpha value is -3.97. The van der Waals surface area contributed by atoms with Gasteiger partial charge in [0, 0.05) is 34.4 Å². The summed E-state index contributed by atoms with van der Waals surface area (Å²) >= 11 is 5.92. The van der Waals surface area contributed by atoms with Crippen molar-refractivity contribution in [3.05, 3.63) is 89.1 Å². The van der Waals surface area contributed by atoms with Crippen LogP contribution >= 0.6 is 11.6 Å². The molecular formula is C24H19ClN2O5. The summed E-state index contributed by atoms with van der Waals surface area (Å²) in [5.41, 5.74) is 3.28. The molecule has 0 saturated heterocycles. The van der Waals surface area contributed by atoms with Crippen LogP contribution in [0.4, 0.5) is 11.4 Å². The topological polar surface area (TPSA) is 101 Å². The van der Waals surface area contributed by atoms with E-state index in [1.807, 2.05) is 48.7 Å². The Kier molecular flexibility index (Phi) is 6.00. The number of halogens is 1. The zero-order valence-electron chi connectivity index (χ0n) is 16.8. The summed E-state index contributed by atoms with van der Waals surface area (Å²) < 4.78 is 7.32. The number of benzene rings is 3. The molecule has 4 rings (SSSR count). The van der Waals surface area contributed by atoms with Gasteiger partial charge in [0.05, 0.1) is 11.3 Å². The van der Waals surface area contributed by atoms with Crippen molar-refractivity contribution in [3.8, 4) is 5.75 Å². The smallest absolute Gasteiger partial charge is 0.341 e. The molecule has 0 amide bonds. The molecule has 8 heteroatoms. The molecule has 3 aromatic carbocycles. The first-order valence-corrected chi connectivity index (χ1v) is 10.1. The standard InChI is InChI=1S/C24H19ClN2O5/c25-17-4-6-21(20(12-17)24(30)31)26-18-5-7-22-16(11-18)8-9-27(22)13-15-2-1-3-19(10-15)32-14-23(28)29/h1-12,26H,13-14H2,(H,28,29)(H,30,31). The maximum atomic E-state index is 11.5. The molecule has 0 aliphatic heterocycles. The molecule has 0 aliphatic rings. The lowest BCUT2D eigenvalue weighted by molar-refractivity contribution is -0.139. The number of aromatic carboxylic acids is 1. The van der Waals surface area contributed by atoms with Gasteiger partial charge in [-0.2, -0.15) is 0 Å². The number of nitrogens with zero attached hydrogens (tertiary/aromatic N) is 1. The number of anilines is 2.